The monoisotopic (exact) mass is 182 g/mol. The van der Waals surface area contributed by atoms with Gasteiger partial charge in [-0.15, -0.1) is 0 Å². The van der Waals surface area contributed by atoms with Crippen molar-refractivity contribution in [3.05, 3.63) is 35.6 Å². The van der Waals surface area contributed by atoms with Crippen molar-refractivity contribution in [1.29, 1.82) is 0 Å². The molecule has 70 valence electrons. The quantitative estimate of drug-likeness (QED) is 0.708. The van der Waals surface area contributed by atoms with Gasteiger partial charge in [-0.2, -0.15) is 0 Å². The molecule has 2 nitrogen and oxygen atoms in total. The first-order chi connectivity index (χ1) is 5.93. The third-order valence-corrected chi connectivity index (χ3v) is 1.67. The molecule has 0 aromatic heterocycles. The number of hydrogen-bond acceptors (Lipinski definition) is 2. The van der Waals surface area contributed by atoms with Gasteiger partial charge in [0.15, 0.2) is 5.78 Å². The van der Waals surface area contributed by atoms with Gasteiger partial charge in [-0.3, -0.25) is 4.79 Å². The van der Waals surface area contributed by atoms with Gasteiger partial charge >= 0.3 is 0 Å². The number of aliphatic hydroxyl groups is 1. The van der Waals surface area contributed by atoms with Crippen LogP contribution in [-0.4, -0.2) is 16.5 Å². The molecule has 0 aliphatic rings. The highest BCUT2D eigenvalue weighted by Crippen LogP contribution is 2.15. The van der Waals surface area contributed by atoms with Crippen molar-refractivity contribution in [3.8, 4) is 0 Å². The molecule has 0 unspecified atom stereocenters. The van der Waals surface area contributed by atoms with E-state index in [1.54, 1.807) is 6.07 Å². The van der Waals surface area contributed by atoms with Gasteiger partial charge < -0.3 is 5.11 Å². The first kappa shape index (κ1) is 9.86. The fraction of sp³-hybridized carbons (Fsp3) is 0.300. The standard InChI is InChI=1S/C10H11FO2/c1-10(2,13)9(12)7-5-3-4-6-8(7)11/h3-6,13H,1-2H3. The fourth-order valence-electron chi connectivity index (χ4n) is 0.975. The lowest BCUT2D eigenvalue weighted by molar-refractivity contribution is 0.0483. The van der Waals surface area contributed by atoms with Gasteiger partial charge in [0.25, 0.3) is 0 Å². The summed E-state index contributed by atoms with van der Waals surface area (Å²) in [6, 6.07) is 5.60. The third-order valence-electron chi connectivity index (χ3n) is 1.67. The first-order valence-corrected chi connectivity index (χ1v) is 3.94. The van der Waals surface area contributed by atoms with E-state index < -0.39 is 17.2 Å². The zero-order chi connectivity index (χ0) is 10.1. The summed E-state index contributed by atoms with van der Waals surface area (Å²) in [5.74, 6) is -1.21. The van der Waals surface area contributed by atoms with E-state index in [1.807, 2.05) is 0 Å². The molecule has 0 radical (unpaired) electrons. The predicted octanol–water partition coefficient (Wildman–Crippen LogP) is 1.78. The smallest absolute Gasteiger partial charge is 0.196 e. The Morgan fingerprint density at radius 3 is 2.38 bits per heavy atom. The number of rotatable bonds is 2. The number of hydrogen-bond donors (Lipinski definition) is 1. The van der Waals surface area contributed by atoms with Crippen LogP contribution in [0.2, 0.25) is 0 Å². The number of Topliss-reactive ketones (excluding diaryl/α,β-unsaturated/α-hetero) is 1. The van der Waals surface area contributed by atoms with E-state index in [0.29, 0.717) is 0 Å². The van der Waals surface area contributed by atoms with E-state index in [2.05, 4.69) is 0 Å². The Morgan fingerprint density at radius 2 is 1.92 bits per heavy atom. The zero-order valence-corrected chi connectivity index (χ0v) is 7.54. The van der Waals surface area contributed by atoms with Crippen LogP contribution < -0.4 is 0 Å². The molecule has 1 rings (SSSR count). The lowest BCUT2D eigenvalue weighted by Gasteiger charge is -2.15. The van der Waals surface area contributed by atoms with E-state index in [1.165, 1.54) is 32.0 Å². The summed E-state index contributed by atoms with van der Waals surface area (Å²) in [7, 11) is 0. The lowest BCUT2D eigenvalue weighted by Crippen LogP contribution is -2.31. The highest BCUT2D eigenvalue weighted by Gasteiger charge is 2.27. The summed E-state index contributed by atoms with van der Waals surface area (Å²) >= 11 is 0. The van der Waals surface area contributed by atoms with Gasteiger partial charge in [0.05, 0.1) is 5.56 Å². The number of benzene rings is 1. The second-order valence-corrected chi connectivity index (χ2v) is 3.37. The number of carbonyl (C=O) groups is 1. The van der Waals surface area contributed by atoms with Crippen LogP contribution >= 0.6 is 0 Å². The number of ketones is 1. The summed E-state index contributed by atoms with van der Waals surface area (Å²) in [6.07, 6.45) is 0. The molecule has 0 aliphatic carbocycles. The zero-order valence-electron chi connectivity index (χ0n) is 7.54. The van der Waals surface area contributed by atoms with Crippen LogP contribution in [0.15, 0.2) is 24.3 Å². The predicted molar refractivity (Wildman–Crippen MR) is 47.0 cm³/mol. The molecular formula is C10H11FO2. The molecule has 3 heteroatoms. The van der Waals surface area contributed by atoms with E-state index in [9.17, 15) is 14.3 Å². The van der Waals surface area contributed by atoms with Crippen molar-refractivity contribution in [2.75, 3.05) is 0 Å². The van der Waals surface area contributed by atoms with Crippen LogP contribution in [0.25, 0.3) is 0 Å². The average molecular weight is 182 g/mol. The Hall–Kier alpha value is -1.22. The maximum atomic E-state index is 13.0. The highest BCUT2D eigenvalue weighted by atomic mass is 19.1. The first-order valence-electron chi connectivity index (χ1n) is 3.94. The molecule has 1 aromatic rings. The Labute approximate surface area is 76.0 Å². The molecule has 0 bridgehead atoms. The minimum atomic E-state index is -1.53. The second kappa shape index (κ2) is 3.26. The Balaban J connectivity index is 3.10. The van der Waals surface area contributed by atoms with Crippen molar-refractivity contribution in [2.45, 2.75) is 19.4 Å². The van der Waals surface area contributed by atoms with E-state index >= 15 is 0 Å². The molecule has 0 heterocycles. The van der Waals surface area contributed by atoms with E-state index in [0.717, 1.165) is 0 Å². The molecular weight excluding hydrogens is 171 g/mol. The average Bonchev–Trinajstić information content (AvgIpc) is 2.02. The van der Waals surface area contributed by atoms with Crippen molar-refractivity contribution in [2.24, 2.45) is 0 Å². The van der Waals surface area contributed by atoms with Crippen molar-refractivity contribution in [1.82, 2.24) is 0 Å². The van der Waals surface area contributed by atoms with Gasteiger partial charge in [-0.05, 0) is 26.0 Å². The van der Waals surface area contributed by atoms with Crippen LogP contribution in [0.1, 0.15) is 24.2 Å². The van der Waals surface area contributed by atoms with Crippen LogP contribution in [0.3, 0.4) is 0 Å². The molecule has 0 amide bonds. The van der Waals surface area contributed by atoms with Gasteiger partial charge in [0.1, 0.15) is 11.4 Å². The summed E-state index contributed by atoms with van der Waals surface area (Å²) < 4.78 is 13.0. The summed E-state index contributed by atoms with van der Waals surface area (Å²) in [5, 5.41) is 9.35. The summed E-state index contributed by atoms with van der Waals surface area (Å²) in [5.41, 5.74) is -1.60. The molecule has 0 aliphatic heterocycles. The van der Waals surface area contributed by atoms with Crippen LogP contribution in [0.5, 0.6) is 0 Å². The molecule has 1 aromatic carbocycles. The molecule has 1 N–H and O–H groups in total. The minimum absolute atomic E-state index is 0.0741. The minimum Gasteiger partial charge on any atom is -0.382 e. The van der Waals surface area contributed by atoms with Gasteiger partial charge in [0.2, 0.25) is 0 Å². The number of carbonyl (C=O) groups excluding carboxylic acids is 1. The fourth-order valence-corrected chi connectivity index (χ4v) is 0.975. The van der Waals surface area contributed by atoms with Crippen LogP contribution in [0.4, 0.5) is 4.39 Å². The Bertz CT molecular complexity index is 326. The summed E-state index contributed by atoms with van der Waals surface area (Å²) in [6.45, 7) is 2.67. The SMILES string of the molecule is CC(C)(O)C(=O)c1ccccc1F. The number of halogens is 1. The lowest BCUT2D eigenvalue weighted by atomic mass is 9.97. The molecule has 0 atom stereocenters. The Morgan fingerprint density at radius 1 is 1.38 bits per heavy atom. The van der Waals surface area contributed by atoms with E-state index in [4.69, 9.17) is 0 Å². The van der Waals surface area contributed by atoms with Crippen LogP contribution in [-0.2, 0) is 0 Å². The van der Waals surface area contributed by atoms with Crippen LogP contribution in [0, 0.1) is 5.82 Å². The maximum absolute atomic E-state index is 13.0. The molecule has 0 saturated heterocycles. The molecule has 13 heavy (non-hydrogen) atoms. The Kier molecular flexibility index (Phi) is 2.48. The van der Waals surface area contributed by atoms with E-state index in [-0.39, 0.29) is 5.56 Å². The normalized spacial score (nSPS) is 11.4. The second-order valence-electron chi connectivity index (χ2n) is 3.37. The van der Waals surface area contributed by atoms with Gasteiger partial charge in [0, 0.05) is 0 Å². The maximum Gasteiger partial charge on any atom is 0.196 e. The largest absolute Gasteiger partial charge is 0.382 e. The molecule has 0 saturated carbocycles. The van der Waals surface area contributed by atoms with Crippen molar-refractivity contribution in [3.63, 3.8) is 0 Å². The van der Waals surface area contributed by atoms with Crippen molar-refractivity contribution < 1.29 is 14.3 Å². The highest BCUT2D eigenvalue weighted by molar-refractivity contribution is 6.01. The topological polar surface area (TPSA) is 37.3 Å². The molecule has 0 spiro atoms. The van der Waals surface area contributed by atoms with Gasteiger partial charge in [-0.1, -0.05) is 12.1 Å². The summed E-state index contributed by atoms with van der Waals surface area (Å²) in [4.78, 5) is 11.4. The third kappa shape index (κ3) is 2.12. The molecule has 0 fully saturated rings. The van der Waals surface area contributed by atoms with Gasteiger partial charge in [-0.25, -0.2) is 4.39 Å². The van der Waals surface area contributed by atoms with Crippen molar-refractivity contribution >= 4 is 5.78 Å².